The molecule has 3 rings (SSSR count). The van der Waals surface area contributed by atoms with E-state index in [4.69, 9.17) is 5.26 Å². The number of carbonyl (C=O) groups is 1. The molecule has 100 valence electrons. The van der Waals surface area contributed by atoms with Gasteiger partial charge in [-0.2, -0.15) is 5.26 Å². The highest BCUT2D eigenvalue weighted by molar-refractivity contribution is 5.93. The number of aromatic nitrogens is 1. The second kappa shape index (κ2) is 4.86. The molecule has 4 heteroatoms. The third-order valence-corrected chi connectivity index (χ3v) is 3.81. The molecule has 0 fully saturated rings. The highest BCUT2D eigenvalue weighted by Gasteiger charge is 2.16. The van der Waals surface area contributed by atoms with Gasteiger partial charge in [0, 0.05) is 42.7 Å². The second-order valence-electron chi connectivity index (χ2n) is 5.02. The predicted octanol–water partition coefficient (Wildman–Crippen LogP) is 2.68. The lowest BCUT2D eigenvalue weighted by Crippen LogP contribution is -2.32. The van der Waals surface area contributed by atoms with Crippen molar-refractivity contribution in [2.24, 2.45) is 0 Å². The van der Waals surface area contributed by atoms with Crippen molar-refractivity contribution in [3.63, 3.8) is 0 Å². The van der Waals surface area contributed by atoms with Crippen LogP contribution in [-0.2, 0) is 4.79 Å². The molecule has 0 unspecified atom stereocenters. The number of carbonyl (C=O) groups excluding carboxylic acids is 1. The van der Waals surface area contributed by atoms with Crippen LogP contribution >= 0.6 is 0 Å². The molecule has 0 bridgehead atoms. The van der Waals surface area contributed by atoms with Gasteiger partial charge < -0.3 is 9.88 Å². The first-order chi connectivity index (χ1) is 9.69. The third kappa shape index (κ3) is 2.08. The first-order valence-electron chi connectivity index (χ1n) is 6.65. The molecule has 1 aromatic heterocycles. The van der Waals surface area contributed by atoms with Crippen LogP contribution in [0.25, 0.3) is 16.5 Å². The standard InChI is InChI=1S/C16H15N3O/c1-11(20)19-6-4-13(5-7-19)15-10-18-16-8-12(9-17)2-3-14(15)16/h2-4,8,10,18H,5-7H2,1H3. The molecule has 0 atom stereocenters. The summed E-state index contributed by atoms with van der Waals surface area (Å²) < 4.78 is 0. The minimum absolute atomic E-state index is 0.123. The van der Waals surface area contributed by atoms with Crippen LogP contribution in [0.1, 0.15) is 24.5 Å². The Labute approximate surface area is 117 Å². The summed E-state index contributed by atoms with van der Waals surface area (Å²) in [6, 6.07) is 7.83. The molecule has 0 spiro atoms. The summed E-state index contributed by atoms with van der Waals surface area (Å²) in [5, 5.41) is 10.1. The highest BCUT2D eigenvalue weighted by Crippen LogP contribution is 2.29. The van der Waals surface area contributed by atoms with Gasteiger partial charge in [-0.3, -0.25) is 4.79 Å². The van der Waals surface area contributed by atoms with Crippen LogP contribution in [0.15, 0.2) is 30.5 Å². The zero-order chi connectivity index (χ0) is 14.1. The normalized spacial score (nSPS) is 15.0. The minimum Gasteiger partial charge on any atom is -0.361 e. The Hall–Kier alpha value is -2.54. The topological polar surface area (TPSA) is 59.9 Å². The Balaban J connectivity index is 1.96. The van der Waals surface area contributed by atoms with Crippen LogP contribution < -0.4 is 0 Å². The van der Waals surface area contributed by atoms with Crippen LogP contribution in [0.3, 0.4) is 0 Å². The maximum atomic E-state index is 11.3. The van der Waals surface area contributed by atoms with E-state index in [0.29, 0.717) is 12.1 Å². The Kier molecular flexibility index (Phi) is 3.03. The summed E-state index contributed by atoms with van der Waals surface area (Å²) >= 11 is 0. The Bertz CT molecular complexity index is 749. The smallest absolute Gasteiger partial charge is 0.219 e. The molecule has 2 heterocycles. The fourth-order valence-electron chi connectivity index (χ4n) is 2.66. The van der Waals surface area contributed by atoms with Gasteiger partial charge in [0.25, 0.3) is 0 Å². The number of fused-ring (bicyclic) bond motifs is 1. The summed E-state index contributed by atoms with van der Waals surface area (Å²) in [7, 11) is 0. The number of H-pyrrole nitrogens is 1. The summed E-state index contributed by atoms with van der Waals surface area (Å²) in [5.74, 6) is 0.123. The van der Waals surface area contributed by atoms with Gasteiger partial charge >= 0.3 is 0 Å². The molecule has 1 aliphatic heterocycles. The molecular formula is C16H15N3O. The largest absolute Gasteiger partial charge is 0.361 e. The Morgan fingerprint density at radius 1 is 1.45 bits per heavy atom. The lowest BCUT2D eigenvalue weighted by Gasteiger charge is -2.25. The zero-order valence-corrected chi connectivity index (χ0v) is 11.3. The van der Waals surface area contributed by atoms with Crippen LogP contribution in [0.2, 0.25) is 0 Å². The summed E-state index contributed by atoms with van der Waals surface area (Å²) in [5.41, 5.74) is 4.08. The predicted molar refractivity (Wildman–Crippen MR) is 77.9 cm³/mol. The number of hydrogen-bond acceptors (Lipinski definition) is 2. The second-order valence-corrected chi connectivity index (χ2v) is 5.02. The first-order valence-corrected chi connectivity index (χ1v) is 6.65. The van der Waals surface area contributed by atoms with Gasteiger partial charge in [0.2, 0.25) is 5.91 Å². The molecule has 0 saturated heterocycles. The summed E-state index contributed by atoms with van der Waals surface area (Å²) in [6.45, 7) is 3.05. The van der Waals surface area contributed by atoms with E-state index < -0.39 is 0 Å². The maximum absolute atomic E-state index is 11.3. The van der Waals surface area contributed by atoms with Gasteiger partial charge in [-0.05, 0) is 24.1 Å². The average Bonchev–Trinajstić information content (AvgIpc) is 2.90. The van der Waals surface area contributed by atoms with Crippen molar-refractivity contribution in [1.82, 2.24) is 9.88 Å². The fourth-order valence-corrected chi connectivity index (χ4v) is 2.66. The number of aromatic amines is 1. The number of benzene rings is 1. The van der Waals surface area contributed by atoms with Crippen molar-refractivity contribution in [3.05, 3.63) is 41.6 Å². The number of amides is 1. The maximum Gasteiger partial charge on any atom is 0.219 e. The molecule has 1 aromatic carbocycles. The van der Waals surface area contributed by atoms with E-state index in [0.717, 1.165) is 23.9 Å². The van der Waals surface area contributed by atoms with E-state index in [9.17, 15) is 4.79 Å². The van der Waals surface area contributed by atoms with Gasteiger partial charge in [-0.1, -0.05) is 12.1 Å². The fraction of sp³-hybridized carbons (Fsp3) is 0.250. The third-order valence-electron chi connectivity index (χ3n) is 3.81. The van der Waals surface area contributed by atoms with Crippen molar-refractivity contribution in [3.8, 4) is 6.07 Å². The van der Waals surface area contributed by atoms with E-state index in [1.807, 2.05) is 29.3 Å². The van der Waals surface area contributed by atoms with E-state index in [1.165, 1.54) is 11.1 Å². The van der Waals surface area contributed by atoms with Gasteiger partial charge in [-0.15, -0.1) is 0 Å². The molecule has 0 saturated carbocycles. The van der Waals surface area contributed by atoms with Crippen LogP contribution in [0.5, 0.6) is 0 Å². The monoisotopic (exact) mass is 265 g/mol. The van der Waals surface area contributed by atoms with E-state index in [-0.39, 0.29) is 5.91 Å². The zero-order valence-electron chi connectivity index (χ0n) is 11.3. The van der Waals surface area contributed by atoms with Gasteiger partial charge in [0.15, 0.2) is 0 Å². The van der Waals surface area contributed by atoms with Crippen LogP contribution in [0, 0.1) is 11.3 Å². The average molecular weight is 265 g/mol. The molecule has 0 aliphatic carbocycles. The molecule has 1 aliphatic rings. The number of nitrogens with zero attached hydrogens (tertiary/aromatic N) is 2. The van der Waals surface area contributed by atoms with Crippen molar-refractivity contribution < 1.29 is 4.79 Å². The summed E-state index contributed by atoms with van der Waals surface area (Å²) in [6.07, 6.45) is 4.97. The van der Waals surface area contributed by atoms with Crippen molar-refractivity contribution in [2.45, 2.75) is 13.3 Å². The molecular weight excluding hydrogens is 250 g/mol. The van der Waals surface area contributed by atoms with Gasteiger partial charge in [0.05, 0.1) is 11.6 Å². The lowest BCUT2D eigenvalue weighted by molar-refractivity contribution is -0.128. The number of nitrogens with one attached hydrogen (secondary N) is 1. The van der Waals surface area contributed by atoms with E-state index in [1.54, 1.807) is 6.92 Å². The van der Waals surface area contributed by atoms with E-state index in [2.05, 4.69) is 17.1 Å². The Morgan fingerprint density at radius 2 is 2.30 bits per heavy atom. The van der Waals surface area contributed by atoms with Crippen molar-refractivity contribution >= 4 is 22.4 Å². The molecule has 1 N–H and O–H groups in total. The lowest BCUT2D eigenvalue weighted by atomic mass is 9.98. The molecule has 0 radical (unpaired) electrons. The first kappa shape index (κ1) is 12.5. The molecule has 2 aromatic rings. The summed E-state index contributed by atoms with van der Waals surface area (Å²) in [4.78, 5) is 16.4. The SMILES string of the molecule is CC(=O)N1CC=C(c2c[nH]c3cc(C#N)ccc23)CC1. The molecule has 4 nitrogen and oxygen atoms in total. The van der Waals surface area contributed by atoms with Gasteiger partial charge in [0.1, 0.15) is 0 Å². The number of rotatable bonds is 1. The molecule has 1 amide bonds. The minimum atomic E-state index is 0.123. The quantitative estimate of drug-likeness (QED) is 0.861. The van der Waals surface area contributed by atoms with Gasteiger partial charge in [-0.25, -0.2) is 0 Å². The highest BCUT2D eigenvalue weighted by atomic mass is 16.2. The molecule has 20 heavy (non-hydrogen) atoms. The number of hydrogen-bond donors (Lipinski definition) is 1. The van der Waals surface area contributed by atoms with Crippen LogP contribution in [0.4, 0.5) is 0 Å². The van der Waals surface area contributed by atoms with Crippen LogP contribution in [-0.4, -0.2) is 28.9 Å². The Morgan fingerprint density at radius 3 is 2.95 bits per heavy atom. The van der Waals surface area contributed by atoms with Crippen molar-refractivity contribution in [2.75, 3.05) is 13.1 Å². The van der Waals surface area contributed by atoms with E-state index >= 15 is 0 Å². The number of nitriles is 1. The van der Waals surface area contributed by atoms with Crippen molar-refractivity contribution in [1.29, 1.82) is 5.26 Å².